The Balaban J connectivity index is 1.83. The molecular weight excluding hydrogens is 340 g/mol. The van der Waals surface area contributed by atoms with Crippen molar-refractivity contribution in [3.8, 4) is 5.75 Å². The maximum absolute atomic E-state index is 13.4. The molecule has 7 heteroatoms. The number of ether oxygens (including phenoxy) is 1. The topological polar surface area (TPSA) is 75.7 Å². The van der Waals surface area contributed by atoms with Gasteiger partial charge in [-0.05, 0) is 43.5 Å². The van der Waals surface area contributed by atoms with Gasteiger partial charge in [-0.1, -0.05) is 18.2 Å². The monoisotopic (exact) mass is 358 g/mol. The van der Waals surface area contributed by atoms with Crippen LogP contribution in [0.2, 0.25) is 0 Å². The number of fused-ring (bicyclic) bond motifs is 2. The molecule has 0 saturated heterocycles. The van der Waals surface area contributed by atoms with Gasteiger partial charge in [0.25, 0.3) is 15.9 Å². The van der Waals surface area contributed by atoms with E-state index in [2.05, 4.69) is 5.32 Å². The fraction of sp³-hybridized carbons (Fsp3) is 0.278. The number of nitrogens with zero attached hydrogens (tertiary/aromatic N) is 1. The summed E-state index contributed by atoms with van der Waals surface area (Å²) in [4.78, 5) is 11.6. The summed E-state index contributed by atoms with van der Waals surface area (Å²) in [5, 5.41) is 2.70. The number of hydrogen-bond acceptors (Lipinski definition) is 4. The maximum atomic E-state index is 13.4. The number of amides is 1. The van der Waals surface area contributed by atoms with Gasteiger partial charge in [0.05, 0.1) is 16.3 Å². The molecule has 0 fully saturated rings. The van der Waals surface area contributed by atoms with Gasteiger partial charge < -0.3 is 10.1 Å². The molecule has 130 valence electrons. The number of aryl methyl sites for hydroxylation is 1. The number of benzene rings is 2. The quantitative estimate of drug-likeness (QED) is 0.895. The van der Waals surface area contributed by atoms with Crippen molar-refractivity contribution >= 4 is 27.3 Å². The number of anilines is 2. The van der Waals surface area contributed by atoms with Crippen molar-refractivity contribution < 1.29 is 17.9 Å². The summed E-state index contributed by atoms with van der Waals surface area (Å²) < 4.78 is 33.6. The number of para-hydroxylation sites is 1. The largest absolute Gasteiger partial charge is 0.482 e. The van der Waals surface area contributed by atoms with Gasteiger partial charge >= 0.3 is 0 Å². The third kappa shape index (κ3) is 2.46. The molecule has 2 aromatic rings. The molecule has 0 spiro atoms. The van der Waals surface area contributed by atoms with Crippen LogP contribution in [0.15, 0.2) is 41.3 Å². The highest BCUT2D eigenvalue weighted by Crippen LogP contribution is 2.39. The lowest BCUT2D eigenvalue weighted by molar-refractivity contribution is -0.118. The third-order valence-electron chi connectivity index (χ3n) is 4.59. The van der Waals surface area contributed by atoms with Gasteiger partial charge in [0.1, 0.15) is 5.75 Å². The zero-order chi connectivity index (χ0) is 17.8. The summed E-state index contributed by atoms with van der Waals surface area (Å²) >= 11 is 0. The molecule has 6 nitrogen and oxygen atoms in total. The molecule has 2 heterocycles. The van der Waals surface area contributed by atoms with E-state index in [0.29, 0.717) is 23.4 Å². The van der Waals surface area contributed by atoms with Crippen molar-refractivity contribution in [3.05, 3.63) is 47.5 Å². The van der Waals surface area contributed by atoms with Crippen LogP contribution < -0.4 is 14.4 Å². The van der Waals surface area contributed by atoms with Gasteiger partial charge in [0, 0.05) is 12.1 Å². The van der Waals surface area contributed by atoms with Gasteiger partial charge in [-0.2, -0.15) is 0 Å². The van der Waals surface area contributed by atoms with Gasteiger partial charge in [0.15, 0.2) is 6.61 Å². The van der Waals surface area contributed by atoms with Crippen LogP contribution in [0.4, 0.5) is 11.4 Å². The molecule has 1 unspecified atom stereocenters. The third-order valence-corrected chi connectivity index (χ3v) is 6.66. The molecular formula is C18H18N2O4S. The molecule has 1 atom stereocenters. The SMILES string of the molecule is Cc1cc2c(cc1S(=O)(=O)N1c3ccccc3CC1C)OCC(=O)N2. The van der Waals surface area contributed by atoms with E-state index in [9.17, 15) is 13.2 Å². The number of hydrogen-bond donors (Lipinski definition) is 1. The smallest absolute Gasteiger partial charge is 0.264 e. The number of sulfonamides is 1. The van der Waals surface area contributed by atoms with Crippen LogP contribution >= 0.6 is 0 Å². The maximum Gasteiger partial charge on any atom is 0.264 e. The predicted octanol–water partition coefficient (Wildman–Crippen LogP) is 2.47. The summed E-state index contributed by atoms with van der Waals surface area (Å²) in [5.74, 6) is 0.133. The fourth-order valence-electron chi connectivity index (χ4n) is 3.50. The second-order valence-corrected chi connectivity index (χ2v) is 8.22. The van der Waals surface area contributed by atoms with Crippen LogP contribution in [0.5, 0.6) is 5.75 Å². The van der Waals surface area contributed by atoms with E-state index in [-0.39, 0.29) is 23.5 Å². The molecule has 2 aliphatic rings. The number of carbonyl (C=O) groups excluding carboxylic acids is 1. The summed E-state index contributed by atoms with van der Waals surface area (Å²) in [7, 11) is -3.74. The first-order chi connectivity index (χ1) is 11.9. The highest BCUT2D eigenvalue weighted by atomic mass is 32.2. The number of nitrogens with one attached hydrogen (secondary N) is 1. The molecule has 0 aromatic heterocycles. The normalized spacial score (nSPS) is 19.0. The van der Waals surface area contributed by atoms with Gasteiger partial charge in [-0.3, -0.25) is 9.10 Å². The van der Waals surface area contributed by atoms with Crippen molar-refractivity contribution in [2.24, 2.45) is 0 Å². The van der Waals surface area contributed by atoms with Crippen LogP contribution in [-0.2, 0) is 21.2 Å². The van der Waals surface area contributed by atoms with Gasteiger partial charge in [0.2, 0.25) is 0 Å². The molecule has 25 heavy (non-hydrogen) atoms. The molecule has 1 N–H and O–H groups in total. The van der Waals surface area contributed by atoms with E-state index in [0.717, 1.165) is 11.3 Å². The first kappa shape index (κ1) is 16.0. The first-order valence-electron chi connectivity index (χ1n) is 8.07. The Hall–Kier alpha value is -2.54. The summed E-state index contributed by atoms with van der Waals surface area (Å²) in [5.41, 5.74) is 2.82. The Morgan fingerprint density at radius 1 is 1.24 bits per heavy atom. The molecule has 2 aromatic carbocycles. The van der Waals surface area contributed by atoms with E-state index in [1.165, 1.54) is 10.4 Å². The van der Waals surface area contributed by atoms with Crippen LogP contribution in [0, 0.1) is 6.92 Å². The molecule has 4 rings (SSSR count). The van der Waals surface area contributed by atoms with Gasteiger partial charge in [-0.15, -0.1) is 0 Å². The average molecular weight is 358 g/mol. The van der Waals surface area contributed by atoms with E-state index >= 15 is 0 Å². The summed E-state index contributed by atoms with van der Waals surface area (Å²) in [6, 6.07) is 10.6. The molecule has 0 aliphatic carbocycles. The standard InChI is InChI=1S/C18H18N2O4S/c1-11-7-14-16(24-10-18(21)19-14)9-17(11)25(22,23)20-12(2)8-13-5-3-4-6-15(13)20/h3-7,9,12H,8,10H2,1-2H3,(H,19,21). The van der Waals surface area contributed by atoms with Gasteiger partial charge in [-0.25, -0.2) is 8.42 Å². The van der Waals surface area contributed by atoms with E-state index < -0.39 is 10.0 Å². The molecule has 2 aliphatic heterocycles. The van der Waals surface area contributed by atoms with Crippen LogP contribution in [0.3, 0.4) is 0 Å². The average Bonchev–Trinajstić information content (AvgIpc) is 2.90. The number of rotatable bonds is 2. The number of carbonyl (C=O) groups is 1. The van der Waals surface area contributed by atoms with Crippen LogP contribution in [-0.4, -0.2) is 27.0 Å². The van der Waals surface area contributed by atoms with E-state index in [4.69, 9.17) is 4.74 Å². The van der Waals surface area contributed by atoms with E-state index in [1.807, 2.05) is 31.2 Å². The van der Waals surface area contributed by atoms with Crippen molar-refractivity contribution in [1.29, 1.82) is 0 Å². The minimum absolute atomic E-state index is 0.113. The second kappa shape index (κ2) is 5.49. The first-order valence-corrected chi connectivity index (χ1v) is 9.51. The Kier molecular flexibility index (Phi) is 3.50. The lowest BCUT2D eigenvalue weighted by Gasteiger charge is -2.26. The Morgan fingerprint density at radius 3 is 2.80 bits per heavy atom. The lowest BCUT2D eigenvalue weighted by Crippen LogP contribution is -2.36. The lowest BCUT2D eigenvalue weighted by atomic mass is 10.1. The zero-order valence-corrected chi connectivity index (χ0v) is 14.8. The Morgan fingerprint density at radius 2 is 2.00 bits per heavy atom. The van der Waals surface area contributed by atoms with Crippen molar-refractivity contribution in [1.82, 2.24) is 0 Å². The van der Waals surface area contributed by atoms with Crippen molar-refractivity contribution in [3.63, 3.8) is 0 Å². The molecule has 1 amide bonds. The summed E-state index contributed by atoms with van der Waals surface area (Å²) in [6.45, 7) is 3.51. The highest BCUT2D eigenvalue weighted by molar-refractivity contribution is 7.93. The summed E-state index contributed by atoms with van der Waals surface area (Å²) in [6.07, 6.45) is 0.686. The fourth-order valence-corrected chi connectivity index (χ4v) is 5.42. The van der Waals surface area contributed by atoms with Crippen molar-refractivity contribution in [2.45, 2.75) is 31.2 Å². The second-order valence-electron chi connectivity index (χ2n) is 6.43. The minimum Gasteiger partial charge on any atom is -0.482 e. The molecule has 0 bridgehead atoms. The Labute approximate surface area is 146 Å². The van der Waals surface area contributed by atoms with Crippen LogP contribution in [0.25, 0.3) is 0 Å². The van der Waals surface area contributed by atoms with Crippen LogP contribution in [0.1, 0.15) is 18.1 Å². The minimum atomic E-state index is -3.74. The molecule has 0 saturated carbocycles. The zero-order valence-electron chi connectivity index (χ0n) is 13.9. The molecule has 0 radical (unpaired) electrons. The van der Waals surface area contributed by atoms with E-state index in [1.54, 1.807) is 13.0 Å². The van der Waals surface area contributed by atoms with Crippen molar-refractivity contribution in [2.75, 3.05) is 16.2 Å². The highest BCUT2D eigenvalue weighted by Gasteiger charge is 2.37. The predicted molar refractivity (Wildman–Crippen MR) is 94.6 cm³/mol. The Bertz CT molecular complexity index is 985.